The number of aromatic nitrogens is 4. The monoisotopic (exact) mass is 411 g/mol. The predicted molar refractivity (Wildman–Crippen MR) is 110 cm³/mol. The van der Waals surface area contributed by atoms with Gasteiger partial charge in [0.15, 0.2) is 0 Å². The zero-order valence-corrected chi connectivity index (χ0v) is 15.8. The third-order valence-electron chi connectivity index (χ3n) is 5.06. The van der Waals surface area contributed by atoms with E-state index in [1.165, 1.54) is 24.4 Å². The number of aromatic amines is 1. The summed E-state index contributed by atoms with van der Waals surface area (Å²) in [7, 11) is 0. The van der Waals surface area contributed by atoms with E-state index in [0.717, 1.165) is 10.5 Å². The lowest BCUT2D eigenvalue weighted by molar-refractivity contribution is 0.0698. The molecule has 0 radical (unpaired) electrons. The van der Waals surface area contributed by atoms with Gasteiger partial charge in [-0.05, 0) is 35.9 Å². The SMILES string of the molecule is O=C(O)c1ccc(-c2cccnc2)cc1N1C(=O)c2ccc(-c3cn[nH]n3)cc2C1=O. The number of benzene rings is 2. The maximum absolute atomic E-state index is 13.2. The van der Waals surface area contributed by atoms with Crippen molar-refractivity contribution in [3.8, 4) is 22.4 Å². The van der Waals surface area contributed by atoms with Gasteiger partial charge in [-0.25, -0.2) is 9.69 Å². The lowest BCUT2D eigenvalue weighted by Crippen LogP contribution is -2.31. The van der Waals surface area contributed by atoms with E-state index in [-0.39, 0.29) is 22.4 Å². The fourth-order valence-corrected chi connectivity index (χ4v) is 3.57. The van der Waals surface area contributed by atoms with E-state index in [4.69, 9.17) is 0 Å². The molecule has 150 valence electrons. The molecule has 0 bridgehead atoms. The van der Waals surface area contributed by atoms with Crippen LogP contribution in [0.25, 0.3) is 22.4 Å². The number of fused-ring (bicyclic) bond motifs is 1. The van der Waals surface area contributed by atoms with Gasteiger partial charge in [0.05, 0.1) is 28.6 Å². The molecule has 4 aromatic rings. The van der Waals surface area contributed by atoms with Crippen LogP contribution >= 0.6 is 0 Å². The number of rotatable bonds is 4. The molecule has 0 spiro atoms. The van der Waals surface area contributed by atoms with Crippen LogP contribution in [0.15, 0.2) is 67.1 Å². The van der Waals surface area contributed by atoms with Gasteiger partial charge in [0, 0.05) is 23.5 Å². The number of H-pyrrole nitrogens is 1. The Labute approximate surface area is 175 Å². The fraction of sp³-hybridized carbons (Fsp3) is 0. The number of nitrogens with one attached hydrogen (secondary N) is 1. The Hall–Kier alpha value is -4.66. The second-order valence-electron chi connectivity index (χ2n) is 6.84. The quantitative estimate of drug-likeness (QED) is 0.494. The van der Waals surface area contributed by atoms with Crippen molar-refractivity contribution in [3.63, 3.8) is 0 Å². The van der Waals surface area contributed by atoms with Crippen LogP contribution in [0.2, 0.25) is 0 Å². The van der Waals surface area contributed by atoms with Crippen molar-refractivity contribution in [2.24, 2.45) is 0 Å². The first kappa shape index (κ1) is 18.4. The van der Waals surface area contributed by atoms with Crippen molar-refractivity contribution in [1.82, 2.24) is 20.4 Å². The number of anilines is 1. The Morgan fingerprint density at radius 2 is 1.71 bits per heavy atom. The molecule has 2 N–H and O–H groups in total. The molecular formula is C22H13N5O4. The van der Waals surface area contributed by atoms with Gasteiger partial charge >= 0.3 is 5.97 Å². The molecule has 9 heteroatoms. The molecule has 0 aliphatic carbocycles. The minimum Gasteiger partial charge on any atom is -0.478 e. The summed E-state index contributed by atoms with van der Waals surface area (Å²) < 4.78 is 0. The summed E-state index contributed by atoms with van der Waals surface area (Å²) >= 11 is 0. The van der Waals surface area contributed by atoms with E-state index in [2.05, 4.69) is 20.4 Å². The summed E-state index contributed by atoms with van der Waals surface area (Å²) in [6, 6.07) is 12.8. The molecule has 2 amide bonds. The average Bonchev–Trinajstić information content (AvgIpc) is 3.41. The highest BCUT2D eigenvalue weighted by molar-refractivity contribution is 6.35. The fourth-order valence-electron chi connectivity index (χ4n) is 3.57. The Balaban J connectivity index is 1.63. The Morgan fingerprint density at radius 3 is 2.42 bits per heavy atom. The zero-order valence-electron chi connectivity index (χ0n) is 15.8. The first-order valence-corrected chi connectivity index (χ1v) is 9.21. The average molecular weight is 411 g/mol. The number of imide groups is 1. The van der Waals surface area contributed by atoms with Crippen molar-refractivity contribution in [1.29, 1.82) is 0 Å². The third-order valence-corrected chi connectivity index (χ3v) is 5.06. The van der Waals surface area contributed by atoms with Crippen molar-refractivity contribution in [2.75, 3.05) is 4.90 Å². The van der Waals surface area contributed by atoms with Crippen LogP contribution in [0.3, 0.4) is 0 Å². The van der Waals surface area contributed by atoms with Crippen molar-refractivity contribution < 1.29 is 19.5 Å². The highest BCUT2D eigenvalue weighted by Crippen LogP contribution is 2.35. The summed E-state index contributed by atoms with van der Waals surface area (Å²) in [4.78, 5) is 43.1. The second kappa shape index (κ2) is 6.99. The van der Waals surface area contributed by atoms with Crippen LogP contribution < -0.4 is 4.90 Å². The summed E-state index contributed by atoms with van der Waals surface area (Å²) in [5.41, 5.74) is 2.71. The lowest BCUT2D eigenvalue weighted by atomic mass is 10.0. The summed E-state index contributed by atoms with van der Waals surface area (Å²) in [5, 5.41) is 19.9. The van der Waals surface area contributed by atoms with Gasteiger partial charge in [-0.3, -0.25) is 14.6 Å². The van der Waals surface area contributed by atoms with Gasteiger partial charge in [0.1, 0.15) is 5.69 Å². The van der Waals surface area contributed by atoms with Crippen LogP contribution in [-0.4, -0.2) is 43.3 Å². The lowest BCUT2D eigenvalue weighted by Gasteiger charge is -2.18. The van der Waals surface area contributed by atoms with Gasteiger partial charge < -0.3 is 5.11 Å². The number of nitrogens with zero attached hydrogens (tertiary/aromatic N) is 4. The second-order valence-corrected chi connectivity index (χ2v) is 6.84. The maximum Gasteiger partial charge on any atom is 0.337 e. The van der Waals surface area contributed by atoms with Crippen LogP contribution in [0.4, 0.5) is 5.69 Å². The van der Waals surface area contributed by atoms with Gasteiger partial charge in [-0.15, -0.1) is 0 Å². The number of hydrogen-bond acceptors (Lipinski definition) is 6. The summed E-state index contributed by atoms with van der Waals surface area (Å²) in [5.74, 6) is -2.43. The molecule has 1 aliphatic rings. The largest absolute Gasteiger partial charge is 0.478 e. The zero-order chi connectivity index (χ0) is 21.5. The van der Waals surface area contributed by atoms with Crippen LogP contribution in [0.1, 0.15) is 31.1 Å². The van der Waals surface area contributed by atoms with Gasteiger partial charge in [0.2, 0.25) is 0 Å². The molecule has 1 aliphatic heterocycles. The standard InChI is InChI=1S/C22H13N5O4/c28-20-15-5-4-13(18-11-24-26-25-18)8-17(15)21(29)27(20)19-9-12(3-6-16(19)22(30)31)14-2-1-7-23-10-14/h1-11H,(H,30,31)(H,24,25,26). The molecule has 0 unspecified atom stereocenters. The van der Waals surface area contributed by atoms with Crippen molar-refractivity contribution in [3.05, 3.63) is 83.8 Å². The van der Waals surface area contributed by atoms with E-state index >= 15 is 0 Å². The number of carboxylic acids is 1. The highest BCUT2D eigenvalue weighted by Gasteiger charge is 2.39. The maximum atomic E-state index is 13.2. The van der Waals surface area contributed by atoms with Crippen LogP contribution in [0, 0.1) is 0 Å². The van der Waals surface area contributed by atoms with E-state index < -0.39 is 17.8 Å². The first-order valence-electron chi connectivity index (χ1n) is 9.21. The normalized spacial score (nSPS) is 12.8. The molecule has 3 heterocycles. The number of pyridine rings is 1. The van der Waals surface area contributed by atoms with Crippen LogP contribution in [0.5, 0.6) is 0 Å². The topological polar surface area (TPSA) is 129 Å². The molecule has 2 aromatic heterocycles. The van der Waals surface area contributed by atoms with E-state index in [9.17, 15) is 19.5 Å². The smallest absolute Gasteiger partial charge is 0.337 e. The highest BCUT2D eigenvalue weighted by atomic mass is 16.4. The first-order chi connectivity index (χ1) is 15.0. The predicted octanol–water partition coefficient (Wildman–Crippen LogP) is 3.03. The Kier molecular flexibility index (Phi) is 4.14. The molecule has 31 heavy (non-hydrogen) atoms. The molecule has 0 fully saturated rings. The van der Waals surface area contributed by atoms with Crippen LogP contribution in [-0.2, 0) is 0 Å². The number of carboxylic acid groups (broad SMARTS) is 1. The number of hydrogen-bond donors (Lipinski definition) is 2. The Bertz CT molecular complexity index is 1350. The number of carbonyl (C=O) groups excluding carboxylic acids is 2. The molecule has 0 atom stereocenters. The molecule has 5 rings (SSSR count). The molecular weight excluding hydrogens is 398 g/mol. The van der Waals surface area contributed by atoms with E-state index in [1.807, 2.05) is 0 Å². The number of carbonyl (C=O) groups is 3. The molecule has 0 saturated heterocycles. The minimum absolute atomic E-state index is 0.00281. The van der Waals surface area contributed by atoms with Gasteiger partial charge in [0.25, 0.3) is 11.8 Å². The van der Waals surface area contributed by atoms with E-state index in [0.29, 0.717) is 16.8 Å². The molecule has 9 nitrogen and oxygen atoms in total. The molecule has 0 saturated carbocycles. The third kappa shape index (κ3) is 2.96. The summed E-state index contributed by atoms with van der Waals surface area (Å²) in [6.45, 7) is 0. The van der Waals surface area contributed by atoms with Gasteiger partial charge in [-0.2, -0.15) is 15.4 Å². The Morgan fingerprint density at radius 1 is 0.903 bits per heavy atom. The number of amides is 2. The van der Waals surface area contributed by atoms with Crippen molar-refractivity contribution >= 4 is 23.5 Å². The van der Waals surface area contributed by atoms with Gasteiger partial charge in [-0.1, -0.05) is 18.2 Å². The number of aromatic carboxylic acids is 1. The summed E-state index contributed by atoms with van der Waals surface area (Å²) in [6.07, 6.45) is 4.74. The molecule has 2 aromatic carbocycles. The minimum atomic E-state index is -1.24. The van der Waals surface area contributed by atoms with E-state index in [1.54, 1.807) is 42.7 Å². The van der Waals surface area contributed by atoms with Crippen molar-refractivity contribution in [2.45, 2.75) is 0 Å².